The molecule has 128 valence electrons. The lowest BCUT2D eigenvalue weighted by atomic mass is 10.2. The van der Waals surface area contributed by atoms with E-state index in [1.54, 1.807) is 23.4 Å². The lowest BCUT2D eigenvalue weighted by molar-refractivity contribution is 0.0733. The first kappa shape index (κ1) is 15.9. The van der Waals surface area contributed by atoms with Crippen molar-refractivity contribution in [2.75, 3.05) is 31.1 Å². The predicted molar refractivity (Wildman–Crippen MR) is 94.4 cm³/mol. The van der Waals surface area contributed by atoms with Crippen LogP contribution in [0.4, 0.5) is 5.69 Å². The molecule has 3 aromatic rings. The van der Waals surface area contributed by atoms with Gasteiger partial charge in [-0.2, -0.15) is 5.26 Å². The highest BCUT2D eigenvalue weighted by atomic mass is 16.2. The van der Waals surface area contributed by atoms with Crippen molar-refractivity contribution in [2.24, 2.45) is 0 Å². The molecular weight excluding hydrogens is 330 g/mol. The summed E-state index contributed by atoms with van der Waals surface area (Å²) in [5.41, 5.74) is 2.69. The van der Waals surface area contributed by atoms with Gasteiger partial charge in [-0.05, 0) is 18.2 Å². The van der Waals surface area contributed by atoms with Gasteiger partial charge in [0.05, 0.1) is 23.0 Å². The quantitative estimate of drug-likeness (QED) is 0.689. The molecule has 3 heterocycles. The van der Waals surface area contributed by atoms with Gasteiger partial charge in [-0.15, -0.1) is 10.2 Å². The van der Waals surface area contributed by atoms with E-state index in [-0.39, 0.29) is 11.7 Å². The van der Waals surface area contributed by atoms with E-state index in [1.807, 2.05) is 24.3 Å². The summed E-state index contributed by atoms with van der Waals surface area (Å²) in [6.07, 6.45) is 3.29. The van der Waals surface area contributed by atoms with Gasteiger partial charge in [0.1, 0.15) is 11.6 Å². The highest BCUT2D eigenvalue weighted by molar-refractivity contribution is 5.92. The number of nitrogens with zero attached hydrogens (tertiary/aromatic N) is 7. The van der Waals surface area contributed by atoms with Gasteiger partial charge in [0.15, 0.2) is 0 Å². The van der Waals surface area contributed by atoms with Crippen molar-refractivity contribution in [2.45, 2.75) is 0 Å². The number of aromatic nitrogens is 4. The minimum atomic E-state index is -0.227. The molecular formula is C18H15N7O. The third-order valence-electron chi connectivity index (χ3n) is 4.38. The van der Waals surface area contributed by atoms with Crippen molar-refractivity contribution in [3.63, 3.8) is 0 Å². The molecule has 1 fully saturated rings. The summed E-state index contributed by atoms with van der Waals surface area (Å²) in [6.45, 7) is 2.28. The van der Waals surface area contributed by atoms with Crippen molar-refractivity contribution in [3.8, 4) is 6.07 Å². The van der Waals surface area contributed by atoms with Crippen LogP contribution in [0.25, 0.3) is 11.0 Å². The molecule has 0 saturated carbocycles. The number of rotatable bonds is 2. The largest absolute Gasteiger partial charge is 0.366 e. The van der Waals surface area contributed by atoms with Gasteiger partial charge in [-0.1, -0.05) is 12.1 Å². The number of hydrogen-bond acceptors (Lipinski definition) is 7. The van der Waals surface area contributed by atoms with E-state index in [2.05, 4.69) is 31.1 Å². The Hall–Kier alpha value is -3.60. The average Bonchev–Trinajstić information content (AvgIpc) is 2.73. The van der Waals surface area contributed by atoms with Crippen LogP contribution < -0.4 is 4.90 Å². The Kier molecular flexibility index (Phi) is 4.11. The summed E-state index contributed by atoms with van der Waals surface area (Å²) in [5.74, 6) is -0.120. The lowest BCUT2D eigenvalue weighted by Crippen LogP contribution is -2.49. The molecule has 8 heteroatoms. The van der Waals surface area contributed by atoms with Crippen LogP contribution in [-0.4, -0.2) is 57.2 Å². The van der Waals surface area contributed by atoms with E-state index in [1.165, 1.54) is 0 Å². The van der Waals surface area contributed by atoms with Gasteiger partial charge < -0.3 is 9.80 Å². The smallest absolute Gasteiger partial charge is 0.293 e. The first-order chi connectivity index (χ1) is 12.8. The van der Waals surface area contributed by atoms with E-state index in [0.717, 1.165) is 5.69 Å². The highest BCUT2D eigenvalue weighted by Crippen LogP contribution is 2.20. The summed E-state index contributed by atoms with van der Waals surface area (Å²) in [5, 5.41) is 17.3. The van der Waals surface area contributed by atoms with Crippen LogP contribution in [0.2, 0.25) is 0 Å². The van der Waals surface area contributed by atoms with Crippen molar-refractivity contribution in [3.05, 3.63) is 54.1 Å². The maximum absolute atomic E-state index is 12.7. The summed E-state index contributed by atoms with van der Waals surface area (Å²) >= 11 is 0. The second-order valence-corrected chi connectivity index (χ2v) is 5.91. The molecule has 0 radical (unpaired) electrons. The van der Waals surface area contributed by atoms with Crippen LogP contribution in [0.15, 0.2) is 42.7 Å². The minimum absolute atomic E-state index is 0.108. The Morgan fingerprint density at radius 3 is 2.58 bits per heavy atom. The third-order valence-corrected chi connectivity index (χ3v) is 4.38. The Labute approximate surface area is 149 Å². The SMILES string of the molecule is N#Cc1ccncc1N1CCN(C(=O)c2nnc3ccccc3n2)CC1. The zero-order chi connectivity index (χ0) is 17.9. The molecule has 0 atom stereocenters. The molecule has 1 saturated heterocycles. The second kappa shape index (κ2) is 6.72. The van der Waals surface area contributed by atoms with Crippen molar-refractivity contribution in [1.82, 2.24) is 25.1 Å². The summed E-state index contributed by atoms with van der Waals surface area (Å²) < 4.78 is 0. The molecule has 26 heavy (non-hydrogen) atoms. The first-order valence-corrected chi connectivity index (χ1v) is 8.24. The van der Waals surface area contributed by atoms with Gasteiger partial charge in [0.2, 0.25) is 5.82 Å². The number of hydrogen-bond donors (Lipinski definition) is 0. The Morgan fingerprint density at radius 2 is 1.81 bits per heavy atom. The van der Waals surface area contributed by atoms with Crippen molar-refractivity contribution >= 4 is 22.6 Å². The fraction of sp³-hybridized carbons (Fsp3) is 0.222. The second-order valence-electron chi connectivity index (χ2n) is 5.91. The number of benzene rings is 1. The van der Waals surface area contributed by atoms with Crippen LogP contribution in [0, 0.1) is 11.3 Å². The standard InChI is InChI=1S/C18H15N7O/c19-11-13-5-6-20-12-16(13)24-7-9-25(10-8-24)18(26)17-21-14-3-1-2-4-15(14)22-23-17/h1-6,12H,7-10H2. The van der Waals surface area contributed by atoms with Crippen LogP contribution in [0.3, 0.4) is 0 Å². The number of anilines is 1. The number of amides is 1. The summed E-state index contributed by atoms with van der Waals surface area (Å²) in [6, 6.07) is 11.2. The van der Waals surface area contributed by atoms with E-state index in [9.17, 15) is 10.1 Å². The molecule has 0 spiro atoms. The monoisotopic (exact) mass is 345 g/mol. The van der Waals surface area contributed by atoms with Gasteiger partial charge in [-0.3, -0.25) is 9.78 Å². The molecule has 0 aliphatic carbocycles. The molecule has 8 nitrogen and oxygen atoms in total. The number of pyridine rings is 1. The molecule has 4 rings (SSSR count). The molecule has 0 bridgehead atoms. The maximum Gasteiger partial charge on any atom is 0.293 e. The van der Waals surface area contributed by atoms with E-state index in [0.29, 0.717) is 42.8 Å². The lowest BCUT2D eigenvalue weighted by Gasteiger charge is -2.35. The zero-order valence-electron chi connectivity index (χ0n) is 13.9. The van der Waals surface area contributed by atoms with Gasteiger partial charge in [0, 0.05) is 32.4 Å². The number of carbonyl (C=O) groups excluding carboxylic acids is 1. The van der Waals surface area contributed by atoms with Gasteiger partial charge >= 0.3 is 0 Å². The maximum atomic E-state index is 12.7. The number of nitriles is 1. The molecule has 1 amide bonds. The van der Waals surface area contributed by atoms with Gasteiger partial charge in [0.25, 0.3) is 5.91 Å². The van der Waals surface area contributed by atoms with Crippen LogP contribution in [-0.2, 0) is 0 Å². The molecule has 0 unspecified atom stereocenters. The number of piperazine rings is 1. The number of para-hydroxylation sites is 1. The van der Waals surface area contributed by atoms with E-state index < -0.39 is 0 Å². The summed E-state index contributed by atoms with van der Waals surface area (Å²) in [4.78, 5) is 24.9. The third kappa shape index (κ3) is 2.91. The Bertz CT molecular complexity index is 1010. The molecule has 1 aromatic carbocycles. The van der Waals surface area contributed by atoms with Gasteiger partial charge in [-0.25, -0.2) is 4.98 Å². The minimum Gasteiger partial charge on any atom is -0.366 e. The van der Waals surface area contributed by atoms with Crippen LogP contribution >= 0.6 is 0 Å². The van der Waals surface area contributed by atoms with Crippen LogP contribution in [0.1, 0.15) is 16.2 Å². The topological polar surface area (TPSA) is 98.9 Å². The molecule has 2 aromatic heterocycles. The number of fused-ring (bicyclic) bond motifs is 1. The van der Waals surface area contributed by atoms with E-state index >= 15 is 0 Å². The molecule has 0 N–H and O–H groups in total. The molecule has 1 aliphatic rings. The number of carbonyl (C=O) groups is 1. The average molecular weight is 345 g/mol. The van der Waals surface area contributed by atoms with E-state index in [4.69, 9.17) is 0 Å². The zero-order valence-corrected chi connectivity index (χ0v) is 13.9. The highest BCUT2D eigenvalue weighted by Gasteiger charge is 2.25. The normalized spacial score (nSPS) is 14.3. The predicted octanol–water partition coefficient (Wildman–Crippen LogP) is 1.25. The fourth-order valence-corrected chi connectivity index (χ4v) is 3.00. The Morgan fingerprint density at radius 1 is 1.04 bits per heavy atom. The first-order valence-electron chi connectivity index (χ1n) is 8.24. The van der Waals surface area contributed by atoms with Crippen LogP contribution in [0.5, 0.6) is 0 Å². The Balaban J connectivity index is 1.48. The fourth-order valence-electron chi connectivity index (χ4n) is 3.00. The summed E-state index contributed by atoms with van der Waals surface area (Å²) in [7, 11) is 0. The molecule has 1 aliphatic heterocycles. The van der Waals surface area contributed by atoms with Crippen molar-refractivity contribution in [1.29, 1.82) is 5.26 Å². The van der Waals surface area contributed by atoms with Crippen molar-refractivity contribution < 1.29 is 4.79 Å².